The predicted octanol–water partition coefficient (Wildman–Crippen LogP) is 2.71. The number of piperidine rings is 3. The van der Waals surface area contributed by atoms with E-state index in [1.165, 1.54) is 25.9 Å². The van der Waals surface area contributed by atoms with Crippen molar-refractivity contribution in [1.82, 2.24) is 15.2 Å². The standard InChI is InChI=1S/C20H23N3O3/c1-25-17-6-9-21-19(12-17)26-16-4-2-15(3-5-16)20(24)22-18-13-23-10-7-14(18)8-11-23/h2-6,9,12,14,18H,7-8,10-11,13H2,1H3,(H,22,24). The van der Waals surface area contributed by atoms with Crippen LogP contribution >= 0.6 is 0 Å². The summed E-state index contributed by atoms with van der Waals surface area (Å²) in [7, 11) is 1.60. The van der Waals surface area contributed by atoms with Gasteiger partial charge in [-0.15, -0.1) is 0 Å². The quantitative estimate of drug-likeness (QED) is 0.895. The van der Waals surface area contributed by atoms with Crippen LogP contribution in [0.2, 0.25) is 0 Å². The number of carbonyl (C=O) groups excluding carboxylic acids is 1. The average Bonchev–Trinajstić information content (AvgIpc) is 2.69. The number of ether oxygens (including phenoxy) is 2. The number of hydrogen-bond donors (Lipinski definition) is 1. The van der Waals surface area contributed by atoms with Crippen LogP contribution < -0.4 is 14.8 Å². The molecule has 26 heavy (non-hydrogen) atoms. The second-order valence-electron chi connectivity index (χ2n) is 6.88. The van der Waals surface area contributed by atoms with Gasteiger partial charge in [-0.3, -0.25) is 4.79 Å². The predicted molar refractivity (Wildman–Crippen MR) is 97.7 cm³/mol. The van der Waals surface area contributed by atoms with Gasteiger partial charge in [-0.1, -0.05) is 0 Å². The molecule has 1 N–H and O–H groups in total. The number of nitrogens with one attached hydrogen (secondary N) is 1. The molecule has 6 heteroatoms. The molecule has 0 saturated carbocycles. The molecule has 1 aromatic carbocycles. The van der Waals surface area contributed by atoms with E-state index in [9.17, 15) is 4.79 Å². The third-order valence-corrected chi connectivity index (χ3v) is 5.25. The van der Waals surface area contributed by atoms with E-state index in [2.05, 4.69) is 15.2 Å². The Morgan fingerprint density at radius 3 is 2.58 bits per heavy atom. The average molecular weight is 353 g/mol. The van der Waals surface area contributed by atoms with Crippen LogP contribution in [0.1, 0.15) is 23.2 Å². The van der Waals surface area contributed by atoms with E-state index in [-0.39, 0.29) is 11.9 Å². The van der Waals surface area contributed by atoms with E-state index >= 15 is 0 Å². The van der Waals surface area contributed by atoms with Crippen molar-refractivity contribution in [3.8, 4) is 17.4 Å². The van der Waals surface area contributed by atoms with Crippen LogP contribution in [0.15, 0.2) is 42.6 Å². The SMILES string of the molecule is COc1ccnc(Oc2ccc(C(=O)NC3CN4CCC3CC4)cc2)c1. The monoisotopic (exact) mass is 353 g/mol. The van der Waals surface area contributed by atoms with Crippen LogP contribution in [0.3, 0.4) is 0 Å². The number of carbonyl (C=O) groups is 1. The Labute approximate surface area is 153 Å². The normalized spacial score (nSPS) is 24.1. The van der Waals surface area contributed by atoms with Crippen molar-refractivity contribution >= 4 is 5.91 Å². The molecule has 136 valence electrons. The first-order valence-electron chi connectivity index (χ1n) is 9.02. The van der Waals surface area contributed by atoms with Gasteiger partial charge in [0.2, 0.25) is 5.88 Å². The summed E-state index contributed by atoms with van der Waals surface area (Å²) < 4.78 is 10.9. The molecule has 3 aliphatic rings. The van der Waals surface area contributed by atoms with Crippen molar-refractivity contribution in [2.45, 2.75) is 18.9 Å². The van der Waals surface area contributed by atoms with Crippen LogP contribution in [-0.4, -0.2) is 48.6 Å². The fourth-order valence-corrected chi connectivity index (χ4v) is 3.75. The first-order chi connectivity index (χ1) is 12.7. The van der Waals surface area contributed by atoms with E-state index in [1.54, 1.807) is 49.7 Å². The van der Waals surface area contributed by atoms with Gasteiger partial charge in [0, 0.05) is 30.4 Å². The lowest BCUT2D eigenvalue weighted by Crippen LogP contribution is -2.57. The second kappa shape index (κ2) is 7.33. The van der Waals surface area contributed by atoms with Crippen LogP contribution in [0.4, 0.5) is 0 Å². The van der Waals surface area contributed by atoms with E-state index in [0.717, 1.165) is 6.54 Å². The molecule has 4 heterocycles. The molecule has 5 rings (SSSR count). The summed E-state index contributed by atoms with van der Waals surface area (Å²) in [6, 6.07) is 10.9. The maximum Gasteiger partial charge on any atom is 0.251 e. The Kier molecular flexibility index (Phi) is 4.75. The van der Waals surface area contributed by atoms with Gasteiger partial charge in [0.15, 0.2) is 0 Å². The van der Waals surface area contributed by atoms with Crippen LogP contribution in [0, 0.1) is 5.92 Å². The van der Waals surface area contributed by atoms with Gasteiger partial charge in [0.25, 0.3) is 5.91 Å². The van der Waals surface area contributed by atoms with Gasteiger partial charge in [-0.25, -0.2) is 4.98 Å². The lowest BCUT2D eigenvalue weighted by atomic mass is 9.84. The zero-order valence-electron chi connectivity index (χ0n) is 14.9. The molecule has 3 saturated heterocycles. The number of pyridine rings is 1. The minimum atomic E-state index is -0.0187. The molecule has 1 aromatic heterocycles. The molecule has 3 fully saturated rings. The van der Waals surface area contributed by atoms with Crippen molar-refractivity contribution < 1.29 is 14.3 Å². The fourth-order valence-electron chi connectivity index (χ4n) is 3.75. The van der Waals surface area contributed by atoms with Gasteiger partial charge >= 0.3 is 0 Å². The Bertz CT molecular complexity index is 770. The summed E-state index contributed by atoms with van der Waals surface area (Å²) in [6.07, 6.45) is 4.00. The molecule has 2 aromatic rings. The number of aromatic nitrogens is 1. The van der Waals surface area contributed by atoms with Crippen molar-refractivity contribution in [2.24, 2.45) is 5.92 Å². The van der Waals surface area contributed by atoms with E-state index in [4.69, 9.17) is 9.47 Å². The molecule has 1 atom stereocenters. The largest absolute Gasteiger partial charge is 0.497 e. The van der Waals surface area contributed by atoms with Crippen LogP contribution in [0.5, 0.6) is 17.4 Å². The van der Waals surface area contributed by atoms with E-state index in [0.29, 0.717) is 28.9 Å². The fraction of sp³-hybridized carbons (Fsp3) is 0.400. The summed E-state index contributed by atoms with van der Waals surface area (Å²) in [5.74, 6) is 2.36. The molecule has 0 spiro atoms. The molecule has 0 aliphatic carbocycles. The zero-order chi connectivity index (χ0) is 17.9. The Hall–Kier alpha value is -2.60. The van der Waals surface area contributed by atoms with Crippen molar-refractivity contribution in [3.63, 3.8) is 0 Å². The number of hydrogen-bond acceptors (Lipinski definition) is 5. The van der Waals surface area contributed by atoms with Crippen molar-refractivity contribution in [1.29, 1.82) is 0 Å². The summed E-state index contributed by atoms with van der Waals surface area (Å²) in [5.41, 5.74) is 0.646. The number of rotatable bonds is 5. The lowest BCUT2D eigenvalue weighted by molar-refractivity contribution is 0.0620. The number of nitrogens with zero attached hydrogens (tertiary/aromatic N) is 2. The van der Waals surface area contributed by atoms with Crippen molar-refractivity contribution in [2.75, 3.05) is 26.7 Å². The smallest absolute Gasteiger partial charge is 0.251 e. The summed E-state index contributed by atoms with van der Waals surface area (Å²) in [4.78, 5) is 19.1. The zero-order valence-corrected chi connectivity index (χ0v) is 14.9. The Morgan fingerprint density at radius 1 is 1.15 bits per heavy atom. The summed E-state index contributed by atoms with van der Waals surface area (Å²) >= 11 is 0. The number of amides is 1. The minimum Gasteiger partial charge on any atom is -0.497 e. The van der Waals surface area contributed by atoms with Gasteiger partial charge in [0.1, 0.15) is 11.5 Å². The Morgan fingerprint density at radius 2 is 1.92 bits per heavy atom. The highest BCUT2D eigenvalue weighted by atomic mass is 16.5. The van der Waals surface area contributed by atoms with Crippen LogP contribution in [-0.2, 0) is 0 Å². The number of benzene rings is 1. The van der Waals surface area contributed by atoms with E-state index < -0.39 is 0 Å². The molecule has 1 unspecified atom stereocenters. The van der Waals surface area contributed by atoms with Gasteiger partial charge < -0.3 is 19.7 Å². The lowest BCUT2D eigenvalue weighted by Gasteiger charge is -2.44. The first-order valence-corrected chi connectivity index (χ1v) is 9.02. The molecule has 2 bridgehead atoms. The van der Waals surface area contributed by atoms with Gasteiger partial charge in [-0.05, 0) is 62.2 Å². The second-order valence-corrected chi connectivity index (χ2v) is 6.88. The first kappa shape index (κ1) is 16.8. The third kappa shape index (κ3) is 3.65. The van der Waals surface area contributed by atoms with Gasteiger partial charge in [-0.2, -0.15) is 0 Å². The van der Waals surface area contributed by atoms with Gasteiger partial charge in [0.05, 0.1) is 7.11 Å². The maximum absolute atomic E-state index is 12.5. The number of fused-ring (bicyclic) bond motifs is 3. The highest BCUT2D eigenvalue weighted by molar-refractivity contribution is 5.94. The molecular weight excluding hydrogens is 330 g/mol. The number of methoxy groups -OCH3 is 1. The van der Waals surface area contributed by atoms with Crippen molar-refractivity contribution in [3.05, 3.63) is 48.2 Å². The third-order valence-electron chi connectivity index (χ3n) is 5.25. The maximum atomic E-state index is 12.5. The summed E-state index contributed by atoms with van der Waals surface area (Å²) in [6.45, 7) is 3.31. The highest BCUT2D eigenvalue weighted by Gasteiger charge is 2.34. The molecular formula is C20H23N3O3. The molecule has 3 aliphatic heterocycles. The molecule has 6 nitrogen and oxygen atoms in total. The van der Waals surface area contributed by atoms with E-state index in [1.807, 2.05) is 0 Å². The topological polar surface area (TPSA) is 63.7 Å². The Balaban J connectivity index is 1.38. The molecule has 0 radical (unpaired) electrons. The molecule has 1 amide bonds. The minimum absolute atomic E-state index is 0.0187. The summed E-state index contributed by atoms with van der Waals surface area (Å²) in [5, 5.41) is 3.20. The highest BCUT2D eigenvalue weighted by Crippen LogP contribution is 2.28. The van der Waals surface area contributed by atoms with Crippen LogP contribution in [0.25, 0.3) is 0 Å².